The van der Waals surface area contributed by atoms with E-state index in [9.17, 15) is 4.79 Å². The van der Waals surface area contributed by atoms with Gasteiger partial charge in [-0.1, -0.05) is 0 Å². The van der Waals surface area contributed by atoms with Gasteiger partial charge in [0, 0.05) is 6.42 Å². The summed E-state index contributed by atoms with van der Waals surface area (Å²) in [7, 11) is 0. The number of hydrogen-bond acceptors (Lipinski definition) is 3. The zero-order chi connectivity index (χ0) is 10.2. The summed E-state index contributed by atoms with van der Waals surface area (Å²) in [4.78, 5) is 11.9. The van der Waals surface area contributed by atoms with Gasteiger partial charge in [-0.25, -0.2) is 0 Å². The van der Waals surface area contributed by atoms with E-state index in [4.69, 9.17) is 5.73 Å². The molecule has 0 radical (unpaired) electrons. The molecule has 0 aromatic carbocycles. The molecule has 1 unspecified atom stereocenters. The van der Waals surface area contributed by atoms with Gasteiger partial charge in [0.15, 0.2) is 5.78 Å². The molecule has 0 bridgehead atoms. The Morgan fingerprint density at radius 2 is 2.43 bits per heavy atom. The quantitative estimate of drug-likeness (QED) is 0.824. The number of rotatable bonds is 4. The van der Waals surface area contributed by atoms with Crippen molar-refractivity contribution in [2.75, 3.05) is 0 Å². The van der Waals surface area contributed by atoms with Crippen molar-refractivity contribution in [3.05, 3.63) is 22.4 Å². The zero-order valence-electron chi connectivity index (χ0n) is 8.32. The maximum absolute atomic E-state index is 11.9. The van der Waals surface area contributed by atoms with Crippen molar-refractivity contribution in [3.63, 3.8) is 0 Å². The highest BCUT2D eigenvalue weighted by Crippen LogP contribution is 2.38. The fraction of sp³-hybridized carbons (Fsp3) is 0.545. The Morgan fingerprint density at radius 1 is 1.71 bits per heavy atom. The maximum Gasteiger partial charge on any atom is 0.157 e. The Kier molecular flexibility index (Phi) is 2.45. The van der Waals surface area contributed by atoms with Gasteiger partial charge >= 0.3 is 0 Å². The molecule has 0 spiro atoms. The van der Waals surface area contributed by atoms with Crippen LogP contribution in [0.4, 0.5) is 0 Å². The van der Waals surface area contributed by atoms with Crippen molar-refractivity contribution in [1.82, 2.24) is 0 Å². The van der Waals surface area contributed by atoms with Gasteiger partial charge in [-0.15, -0.1) is 0 Å². The molecule has 1 aliphatic carbocycles. The number of carbonyl (C=O) groups is 1. The van der Waals surface area contributed by atoms with Crippen LogP contribution in [0.3, 0.4) is 0 Å². The van der Waals surface area contributed by atoms with E-state index in [0.29, 0.717) is 12.3 Å². The van der Waals surface area contributed by atoms with Gasteiger partial charge in [0.05, 0.1) is 5.54 Å². The second-order valence-corrected chi connectivity index (χ2v) is 5.07. The van der Waals surface area contributed by atoms with Gasteiger partial charge in [0.1, 0.15) is 0 Å². The lowest BCUT2D eigenvalue weighted by Gasteiger charge is -2.22. The molecule has 0 saturated heterocycles. The van der Waals surface area contributed by atoms with Crippen LogP contribution in [0.2, 0.25) is 0 Å². The summed E-state index contributed by atoms with van der Waals surface area (Å²) >= 11 is 1.62. The molecule has 2 N–H and O–H groups in total. The Labute approximate surface area is 88.1 Å². The first-order chi connectivity index (χ1) is 6.60. The standard InChI is InChI=1S/C11H15NOS/c1-11(12,9-2-3-9)10(13)6-8-4-5-14-7-8/h4-5,7,9H,2-3,6,12H2,1H3. The molecule has 1 aliphatic rings. The molecule has 3 heteroatoms. The third-order valence-electron chi connectivity index (χ3n) is 2.97. The minimum atomic E-state index is -0.595. The van der Waals surface area contributed by atoms with Gasteiger partial charge in [-0.05, 0) is 48.1 Å². The minimum Gasteiger partial charge on any atom is -0.319 e. The first-order valence-electron chi connectivity index (χ1n) is 4.94. The van der Waals surface area contributed by atoms with Gasteiger partial charge in [-0.3, -0.25) is 4.79 Å². The summed E-state index contributed by atoms with van der Waals surface area (Å²) in [6.07, 6.45) is 2.72. The third kappa shape index (κ3) is 1.88. The number of ketones is 1. The van der Waals surface area contributed by atoms with Gasteiger partial charge in [-0.2, -0.15) is 11.3 Å². The predicted octanol–water partition coefficient (Wildman–Crippen LogP) is 1.99. The highest BCUT2D eigenvalue weighted by atomic mass is 32.1. The minimum absolute atomic E-state index is 0.179. The largest absolute Gasteiger partial charge is 0.319 e. The Morgan fingerprint density at radius 3 is 2.93 bits per heavy atom. The average molecular weight is 209 g/mol. The molecular weight excluding hydrogens is 194 g/mol. The fourth-order valence-electron chi connectivity index (χ4n) is 1.68. The lowest BCUT2D eigenvalue weighted by Crippen LogP contribution is -2.47. The van der Waals surface area contributed by atoms with Gasteiger partial charge < -0.3 is 5.73 Å². The lowest BCUT2D eigenvalue weighted by atomic mass is 9.89. The van der Waals surface area contributed by atoms with Crippen LogP contribution >= 0.6 is 11.3 Å². The van der Waals surface area contributed by atoms with E-state index in [0.717, 1.165) is 18.4 Å². The SMILES string of the molecule is CC(N)(C(=O)Cc1ccsc1)C1CC1. The molecule has 1 heterocycles. The average Bonchev–Trinajstić information content (AvgIpc) is 2.88. The van der Waals surface area contributed by atoms with Crippen molar-refractivity contribution in [2.45, 2.75) is 31.7 Å². The highest BCUT2D eigenvalue weighted by Gasteiger charge is 2.43. The highest BCUT2D eigenvalue weighted by molar-refractivity contribution is 7.08. The topological polar surface area (TPSA) is 43.1 Å². The molecular formula is C11H15NOS. The Bertz CT molecular complexity index is 325. The van der Waals surface area contributed by atoms with E-state index in [1.807, 2.05) is 23.8 Å². The van der Waals surface area contributed by atoms with Crippen molar-refractivity contribution in [2.24, 2.45) is 11.7 Å². The van der Waals surface area contributed by atoms with E-state index in [1.165, 1.54) is 0 Å². The smallest absolute Gasteiger partial charge is 0.157 e. The maximum atomic E-state index is 11.9. The van der Waals surface area contributed by atoms with Gasteiger partial charge in [0.2, 0.25) is 0 Å². The van der Waals surface area contributed by atoms with Crippen molar-refractivity contribution in [1.29, 1.82) is 0 Å². The normalized spacial score (nSPS) is 20.4. The van der Waals surface area contributed by atoms with E-state index in [1.54, 1.807) is 11.3 Å². The van der Waals surface area contributed by atoms with Crippen LogP contribution in [0, 0.1) is 5.92 Å². The van der Waals surface area contributed by atoms with Crippen LogP contribution in [-0.2, 0) is 11.2 Å². The molecule has 1 aromatic heterocycles. The molecule has 1 fully saturated rings. The summed E-state index contributed by atoms with van der Waals surface area (Å²) < 4.78 is 0. The zero-order valence-corrected chi connectivity index (χ0v) is 9.14. The second-order valence-electron chi connectivity index (χ2n) is 4.29. The molecule has 76 valence electrons. The molecule has 1 saturated carbocycles. The first-order valence-corrected chi connectivity index (χ1v) is 5.88. The van der Waals surface area contributed by atoms with Crippen molar-refractivity contribution >= 4 is 17.1 Å². The van der Waals surface area contributed by atoms with Crippen LogP contribution in [0.15, 0.2) is 16.8 Å². The summed E-state index contributed by atoms with van der Waals surface area (Å²) in [6.45, 7) is 1.87. The molecule has 1 atom stereocenters. The summed E-state index contributed by atoms with van der Waals surface area (Å²) in [6, 6.07) is 1.99. The third-order valence-corrected chi connectivity index (χ3v) is 3.70. The van der Waals surface area contributed by atoms with Crippen molar-refractivity contribution < 1.29 is 4.79 Å². The van der Waals surface area contributed by atoms with Gasteiger partial charge in [0.25, 0.3) is 0 Å². The second kappa shape index (κ2) is 3.48. The van der Waals surface area contributed by atoms with E-state index in [2.05, 4.69) is 0 Å². The first kappa shape index (κ1) is 9.87. The molecule has 2 nitrogen and oxygen atoms in total. The lowest BCUT2D eigenvalue weighted by molar-refractivity contribution is -0.123. The number of nitrogens with two attached hydrogens (primary N) is 1. The number of thiophene rings is 1. The summed E-state index contributed by atoms with van der Waals surface area (Å²) in [5, 5.41) is 4.01. The van der Waals surface area contributed by atoms with E-state index < -0.39 is 5.54 Å². The van der Waals surface area contributed by atoms with Crippen molar-refractivity contribution in [3.8, 4) is 0 Å². The fourth-order valence-corrected chi connectivity index (χ4v) is 2.35. The molecule has 14 heavy (non-hydrogen) atoms. The van der Waals surface area contributed by atoms with Crippen LogP contribution in [0.1, 0.15) is 25.3 Å². The summed E-state index contributed by atoms with van der Waals surface area (Å²) in [5.41, 5.74) is 6.54. The molecule has 1 aromatic rings. The van der Waals surface area contributed by atoms with Crippen LogP contribution < -0.4 is 5.73 Å². The molecule has 0 aliphatic heterocycles. The molecule has 0 amide bonds. The van der Waals surface area contributed by atoms with Crippen LogP contribution in [0.25, 0.3) is 0 Å². The Balaban J connectivity index is 2.01. The monoisotopic (exact) mass is 209 g/mol. The van der Waals surface area contributed by atoms with E-state index in [-0.39, 0.29) is 5.78 Å². The number of Topliss-reactive ketones (excluding diaryl/α,β-unsaturated/α-hetero) is 1. The number of carbonyl (C=O) groups excluding carboxylic acids is 1. The predicted molar refractivity (Wildman–Crippen MR) is 58.3 cm³/mol. The van der Waals surface area contributed by atoms with Crippen LogP contribution in [-0.4, -0.2) is 11.3 Å². The number of hydrogen-bond donors (Lipinski definition) is 1. The van der Waals surface area contributed by atoms with E-state index >= 15 is 0 Å². The molecule has 2 rings (SSSR count). The Hall–Kier alpha value is -0.670. The summed E-state index contributed by atoms with van der Waals surface area (Å²) in [5.74, 6) is 0.604. The van der Waals surface area contributed by atoms with Crippen LogP contribution in [0.5, 0.6) is 0 Å².